The van der Waals surface area contributed by atoms with Crippen LogP contribution in [0.3, 0.4) is 0 Å². The molecule has 7 nitrogen and oxygen atoms in total. The summed E-state index contributed by atoms with van der Waals surface area (Å²) in [7, 11) is 15.6. The minimum absolute atomic E-state index is 0.0684. The quantitative estimate of drug-likeness (QED) is 0.409. The lowest BCUT2D eigenvalue weighted by molar-refractivity contribution is -0.124. The van der Waals surface area contributed by atoms with Crippen LogP contribution in [0.1, 0.15) is 19.4 Å². The predicted octanol–water partition coefficient (Wildman–Crippen LogP) is -1.70. The van der Waals surface area contributed by atoms with Gasteiger partial charge in [0.25, 0.3) is 0 Å². The van der Waals surface area contributed by atoms with Crippen molar-refractivity contribution >= 4 is 35.5 Å². The van der Waals surface area contributed by atoms with Gasteiger partial charge < -0.3 is 30.7 Å². The minimum atomic E-state index is -0.880. The van der Waals surface area contributed by atoms with Crippen molar-refractivity contribution < 1.29 is 24.5 Å². The fourth-order valence-electron chi connectivity index (χ4n) is 3.06. The number of carbonyl (C=O) groups is 1. The Kier molecular flexibility index (Phi) is 10.9. The number of hydrogen-bond donors (Lipinski definition) is 4. The zero-order valence-corrected chi connectivity index (χ0v) is 17.2. The van der Waals surface area contributed by atoms with Crippen molar-refractivity contribution in [1.82, 2.24) is 5.32 Å². The Bertz CT molecular complexity index is 618. The van der Waals surface area contributed by atoms with Crippen molar-refractivity contribution in [3.63, 3.8) is 0 Å². The van der Waals surface area contributed by atoms with Gasteiger partial charge in [-0.15, -0.1) is 0 Å². The molecule has 1 fully saturated rings. The van der Waals surface area contributed by atoms with E-state index in [1.165, 1.54) is 0 Å². The number of carbonyl (C=O) groups excluding carboxylic acids is 1. The maximum absolute atomic E-state index is 12.4. The molecular formula is C18H28B4N2O5. The average molecular weight is 396 g/mol. The molecule has 0 saturated carbocycles. The predicted molar refractivity (Wildman–Crippen MR) is 116 cm³/mol. The number of benzene rings is 1. The SMILES string of the molecule is COc1ccc(CC(N)C(=O)N[C@@H]2C(O)[C@H](C(C)C)O[C@@H]2CO)cc1.[B]B([B])[B]. The summed E-state index contributed by atoms with van der Waals surface area (Å²) in [5.41, 5.74) is 6.90. The molecule has 1 aliphatic rings. The van der Waals surface area contributed by atoms with Gasteiger partial charge in [0.2, 0.25) is 5.91 Å². The number of methoxy groups -OCH3 is 1. The molecule has 2 unspecified atom stereocenters. The molecular weight excluding hydrogens is 367 g/mol. The second-order valence-corrected chi connectivity index (χ2v) is 7.33. The molecule has 6 radical (unpaired) electrons. The van der Waals surface area contributed by atoms with E-state index in [9.17, 15) is 15.0 Å². The molecule has 1 aromatic carbocycles. The zero-order chi connectivity index (χ0) is 22.1. The highest BCUT2D eigenvalue weighted by Gasteiger charge is 2.45. The highest BCUT2D eigenvalue weighted by molar-refractivity contribution is 7.49. The average Bonchev–Trinajstić information content (AvgIpc) is 2.98. The lowest BCUT2D eigenvalue weighted by atomic mass is 9.08. The van der Waals surface area contributed by atoms with Gasteiger partial charge in [0.1, 0.15) is 18.0 Å². The summed E-state index contributed by atoms with van der Waals surface area (Å²) in [5, 5.41) is 22.6. The van der Waals surface area contributed by atoms with Crippen LogP contribution < -0.4 is 15.8 Å². The lowest BCUT2D eigenvalue weighted by Crippen LogP contribution is -2.54. The zero-order valence-electron chi connectivity index (χ0n) is 17.2. The molecule has 1 heterocycles. The third-order valence-corrected chi connectivity index (χ3v) is 4.53. The molecule has 11 heteroatoms. The van der Waals surface area contributed by atoms with Crippen LogP contribution in [0.25, 0.3) is 0 Å². The summed E-state index contributed by atoms with van der Waals surface area (Å²) in [5.74, 6) is 0.420. The summed E-state index contributed by atoms with van der Waals surface area (Å²) in [6, 6.07) is 5.88. The molecule has 5 atom stereocenters. The molecule has 152 valence electrons. The Balaban J connectivity index is 0.000000960. The van der Waals surface area contributed by atoms with Crippen LogP contribution in [-0.4, -0.2) is 89.8 Å². The highest BCUT2D eigenvalue weighted by Crippen LogP contribution is 2.26. The molecule has 1 amide bonds. The molecule has 0 spiro atoms. The van der Waals surface area contributed by atoms with Crippen LogP contribution in [0.4, 0.5) is 0 Å². The van der Waals surface area contributed by atoms with E-state index in [1.807, 2.05) is 38.1 Å². The first-order chi connectivity index (χ1) is 13.6. The van der Waals surface area contributed by atoms with Crippen LogP contribution in [0, 0.1) is 5.92 Å². The number of nitrogens with two attached hydrogens (primary N) is 1. The smallest absolute Gasteiger partial charge is 0.237 e. The number of rotatable bonds is 7. The van der Waals surface area contributed by atoms with Crippen LogP contribution >= 0.6 is 0 Å². The van der Waals surface area contributed by atoms with Crippen molar-refractivity contribution in [3.05, 3.63) is 29.8 Å². The molecule has 2 rings (SSSR count). The Morgan fingerprint density at radius 2 is 1.86 bits per heavy atom. The van der Waals surface area contributed by atoms with E-state index in [0.29, 0.717) is 6.42 Å². The van der Waals surface area contributed by atoms with E-state index >= 15 is 0 Å². The molecule has 1 aromatic rings. The van der Waals surface area contributed by atoms with Gasteiger partial charge in [0.05, 0.1) is 31.9 Å². The van der Waals surface area contributed by atoms with E-state index in [1.54, 1.807) is 7.11 Å². The van der Waals surface area contributed by atoms with E-state index in [0.717, 1.165) is 11.3 Å². The van der Waals surface area contributed by atoms with Gasteiger partial charge in [-0.3, -0.25) is 4.79 Å². The molecule has 29 heavy (non-hydrogen) atoms. The van der Waals surface area contributed by atoms with Crippen molar-refractivity contribution in [2.24, 2.45) is 11.7 Å². The van der Waals surface area contributed by atoms with Crippen LogP contribution in [0.15, 0.2) is 24.3 Å². The third kappa shape index (κ3) is 8.09. The lowest BCUT2D eigenvalue weighted by Gasteiger charge is -2.23. The summed E-state index contributed by atoms with van der Waals surface area (Å²) in [6.45, 7) is 3.56. The second-order valence-electron chi connectivity index (χ2n) is 7.33. The number of amides is 1. The van der Waals surface area contributed by atoms with Gasteiger partial charge in [-0.05, 0) is 30.0 Å². The standard InChI is InChI=1S/C18H28N2O5.B4/c1-10(2)17-16(22)15(14(9-21)25-17)20-18(23)13(19)8-11-4-6-12(24-3)7-5-11;1-4(2)3/h4-7,10,13-17,21-22H,8-9,19H2,1-3H3,(H,20,23);/t13?,14-,15+,16?,17+;/m1./s1. The summed E-state index contributed by atoms with van der Waals surface area (Å²) >= 11 is 0. The first-order valence-electron chi connectivity index (χ1n) is 9.50. The number of aliphatic hydroxyl groups excluding tert-OH is 2. The Hall–Kier alpha value is -1.41. The largest absolute Gasteiger partial charge is 0.497 e. The highest BCUT2D eigenvalue weighted by atomic mass is 16.5. The van der Waals surface area contributed by atoms with Crippen LogP contribution in [0.2, 0.25) is 0 Å². The van der Waals surface area contributed by atoms with Crippen LogP contribution in [-0.2, 0) is 16.0 Å². The number of hydrogen-bond acceptors (Lipinski definition) is 6. The Labute approximate surface area is 177 Å². The fourth-order valence-corrected chi connectivity index (χ4v) is 3.06. The fraction of sp³-hybridized carbons (Fsp3) is 0.611. The van der Waals surface area contributed by atoms with Crippen molar-refractivity contribution in [2.45, 2.75) is 50.7 Å². The Morgan fingerprint density at radius 3 is 2.31 bits per heavy atom. The van der Waals surface area contributed by atoms with Gasteiger partial charge in [0.15, 0.2) is 0 Å². The maximum Gasteiger partial charge on any atom is 0.237 e. The van der Waals surface area contributed by atoms with Gasteiger partial charge in [-0.25, -0.2) is 0 Å². The van der Waals surface area contributed by atoms with E-state index in [-0.39, 0.29) is 18.4 Å². The van der Waals surface area contributed by atoms with Gasteiger partial charge in [-0.1, -0.05) is 26.0 Å². The molecule has 0 aliphatic carbocycles. The monoisotopic (exact) mass is 396 g/mol. The van der Waals surface area contributed by atoms with Crippen molar-refractivity contribution in [1.29, 1.82) is 0 Å². The number of nitrogens with one attached hydrogen (secondary N) is 1. The minimum Gasteiger partial charge on any atom is -0.497 e. The first kappa shape index (κ1) is 25.6. The first-order valence-corrected chi connectivity index (χ1v) is 9.50. The molecule has 1 aliphatic heterocycles. The molecule has 5 N–H and O–H groups in total. The van der Waals surface area contributed by atoms with Gasteiger partial charge >= 0.3 is 0 Å². The van der Waals surface area contributed by atoms with Crippen molar-refractivity contribution in [2.75, 3.05) is 13.7 Å². The van der Waals surface area contributed by atoms with E-state index in [2.05, 4.69) is 28.5 Å². The Morgan fingerprint density at radius 1 is 1.31 bits per heavy atom. The second kappa shape index (κ2) is 12.3. The molecule has 0 bridgehead atoms. The normalized spacial score (nSPS) is 24.4. The van der Waals surface area contributed by atoms with E-state index in [4.69, 9.17) is 15.2 Å². The molecule has 0 aromatic heterocycles. The van der Waals surface area contributed by atoms with E-state index < -0.39 is 36.8 Å². The number of ether oxygens (including phenoxy) is 2. The van der Waals surface area contributed by atoms with Crippen molar-refractivity contribution in [3.8, 4) is 5.75 Å². The number of aliphatic hydroxyl groups is 2. The third-order valence-electron chi connectivity index (χ3n) is 4.53. The topological polar surface area (TPSA) is 114 Å². The van der Waals surface area contributed by atoms with Gasteiger partial charge in [-0.2, -0.15) is 0 Å². The summed E-state index contributed by atoms with van der Waals surface area (Å²) < 4.78 is 10.8. The maximum atomic E-state index is 12.4. The summed E-state index contributed by atoms with van der Waals surface area (Å²) in [6.07, 6.45) is -2.26. The summed E-state index contributed by atoms with van der Waals surface area (Å²) in [4.78, 5) is 12.4. The van der Waals surface area contributed by atoms with Gasteiger partial charge in [0, 0.05) is 29.6 Å². The molecule has 1 saturated heterocycles. The van der Waals surface area contributed by atoms with Crippen LogP contribution in [0.5, 0.6) is 5.75 Å².